The number of anilines is 1. The van der Waals surface area contributed by atoms with Crippen molar-refractivity contribution in [1.29, 1.82) is 0 Å². The lowest BCUT2D eigenvalue weighted by molar-refractivity contribution is 0.742. The van der Waals surface area contributed by atoms with Crippen LogP contribution >= 0.6 is 39.1 Å². The third kappa shape index (κ3) is 3.43. The average molecular weight is 375 g/mol. The van der Waals surface area contributed by atoms with Gasteiger partial charge in [0, 0.05) is 10.0 Å². The SMILES string of the molecule is CCC(Nc1ncnc(C)c1Br)c1ccc(Cl)cc1Cl. The van der Waals surface area contributed by atoms with Crippen molar-refractivity contribution < 1.29 is 0 Å². The monoisotopic (exact) mass is 373 g/mol. The van der Waals surface area contributed by atoms with E-state index in [4.69, 9.17) is 23.2 Å². The number of nitrogens with one attached hydrogen (secondary N) is 1. The topological polar surface area (TPSA) is 37.8 Å². The normalized spacial score (nSPS) is 12.2. The van der Waals surface area contributed by atoms with Gasteiger partial charge in [-0.1, -0.05) is 36.2 Å². The second-order valence-electron chi connectivity index (χ2n) is 4.39. The maximum absolute atomic E-state index is 6.27. The van der Waals surface area contributed by atoms with Crippen molar-refractivity contribution in [1.82, 2.24) is 9.97 Å². The number of aryl methyl sites for hydroxylation is 1. The van der Waals surface area contributed by atoms with Crippen LogP contribution in [0.25, 0.3) is 0 Å². The van der Waals surface area contributed by atoms with Gasteiger partial charge in [0.1, 0.15) is 12.1 Å². The van der Waals surface area contributed by atoms with Crippen molar-refractivity contribution in [3.05, 3.63) is 50.3 Å². The lowest BCUT2D eigenvalue weighted by atomic mass is 10.0. The summed E-state index contributed by atoms with van der Waals surface area (Å²) in [4.78, 5) is 8.39. The zero-order chi connectivity index (χ0) is 14.7. The number of benzene rings is 1. The molecule has 0 bridgehead atoms. The van der Waals surface area contributed by atoms with Gasteiger partial charge in [0.2, 0.25) is 0 Å². The maximum atomic E-state index is 6.27. The van der Waals surface area contributed by atoms with Crippen LogP contribution in [0.1, 0.15) is 30.6 Å². The van der Waals surface area contributed by atoms with Crippen LogP contribution in [0, 0.1) is 6.92 Å². The zero-order valence-electron chi connectivity index (χ0n) is 11.1. The summed E-state index contributed by atoms with van der Waals surface area (Å²) in [6.45, 7) is 4.01. The smallest absolute Gasteiger partial charge is 0.144 e. The van der Waals surface area contributed by atoms with E-state index in [1.54, 1.807) is 12.4 Å². The molecule has 0 aliphatic heterocycles. The molecule has 2 aromatic rings. The number of nitrogens with zero attached hydrogens (tertiary/aromatic N) is 2. The molecule has 0 saturated carbocycles. The fourth-order valence-corrected chi connectivity index (χ4v) is 2.77. The molecule has 20 heavy (non-hydrogen) atoms. The second kappa shape index (κ2) is 6.74. The van der Waals surface area contributed by atoms with E-state index in [2.05, 4.69) is 38.1 Å². The third-order valence-electron chi connectivity index (χ3n) is 3.02. The van der Waals surface area contributed by atoms with Gasteiger partial charge in [0.05, 0.1) is 16.2 Å². The molecule has 0 saturated heterocycles. The van der Waals surface area contributed by atoms with Crippen LogP contribution in [-0.2, 0) is 0 Å². The summed E-state index contributed by atoms with van der Waals surface area (Å²) in [7, 11) is 0. The molecule has 1 heterocycles. The van der Waals surface area contributed by atoms with Crippen molar-refractivity contribution in [3.8, 4) is 0 Å². The third-order valence-corrected chi connectivity index (χ3v) is 4.53. The van der Waals surface area contributed by atoms with E-state index in [0.717, 1.165) is 28.0 Å². The quantitative estimate of drug-likeness (QED) is 0.776. The van der Waals surface area contributed by atoms with Crippen molar-refractivity contribution in [3.63, 3.8) is 0 Å². The highest BCUT2D eigenvalue weighted by molar-refractivity contribution is 9.10. The molecule has 0 spiro atoms. The van der Waals surface area contributed by atoms with Gasteiger partial charge >= 0.3 is 0 Å². The first-order chi connectivity index (χ1) is 9.52. The molecular formula is C14H14BrCl2N3. The van der Waals surface area contributed by atoms with Crippen LogP contribution in [-0.4, -0.2) is 9.97 Å². The summed E-state index contributed by atoms with van der Waals surface area (Å²) in [5, 5.41) is 4.67. The molecule has 1 aromatic carbocycles. The summed E-state index contributed by atoms with van der Waals surface area (Å²) in [5.41, 5.74) is 1.89. The molecule has 0 fully saturated rings. The highest BCUT2D eigenvalue weighted by atomic mass is 79.9. The van der Waals surface area contributed by atoms with Crippen LogP contribution in [0.5, 0.6) is 0 Å². The molecule has 0 aliphatic rings. The van der Waals surface area contributed by atoms with E-state index >= 15 is 0 Å². The summed E-state index contributed by atoms with van der Waals surface area (Å²) in [5.74, 6) is 0.760. The molecule has 0 aliphatic carbocycles. The largest absolute Gasteiger partial charge is 0.362 e. The standard InChI is InChI=1S/C14H14BrCl2N3/c1-3-12(10-5-4-9(16)6-11(10)17)20-14-13(15)8(2)18-7-19-14/h4-7,12H,3H2,1-2H3,(H,18,19,20). The van der Waals surface area contributed by atoms with Crippen LogP contribution < -0.4 is 5.32 Å². The molecule has 1 unspecified atom stereocenters. The Labute approximate surface area is 136 Å². The van der Waals surface area contributed by atoms with Crippen molar-refractivity contribution in [2.45, 2.75) is 26.3 Å². The molecule has 0 radical (unpaired) electrons. The first-order valence-electron chi connectivity index (χ1n) is 6.21. The van der Waals surface area contributed by atoms with Crippen LogP contribution in [0.2, 0.25) is 10.0 Å². The van der Waals surface area contributed by atoms with E-state index in [1.165, 1.54) is 0 Å². The fraction of sp³-hybridized carbons (Fsp3) is 0.286. The Bertz CT molecular complexity index is 619. The second-order valence-corrected chi connectivity index (χ2v) is 6.03. The number of hydrogen-bond donors (Lipinski definition) is 1. The summed E-state index contributed by atoms with van der Waals surface area (Å²) in [6, 6.07) is 5.59. The average Bonchev–Trinajstić information content (AvgIpc) is 2.41. The number of halogens is 3. The Hall–Kier alpha value is -0.840. The molecule has 1 atom stereocenters. The first kappa shape index (κ1) is 15.5. The minimum atomic E-state index is 0.0605. The minimum Gasteiger partial charge on any atom is -0.362 e. The molecule has 106 valence electrons. The lowest BCUT2D eigenvalue weighted by Crippen LogP contribution is -2.12. The highest BCUT2D eigenvalue weighted by Crippen LogP contribution is 2.32. The maximum Gasteiger partial charge on any atom is 0.144 e. The van der Waals surface area contributed by atoms with E-state index in [1.807, 2.05) is 19.1 Å². The van der Waals surface area contributed by atoms with Gasteiger partial charge in [-0.25, -0.2) is 9.97 Å². The summed E-state index contributed by atoms with van der Waals surface area (Å²) in [6.07, 6.45) is 2.41. The highest BCUT2D eigenvalue weighted by Gasteiger charge is 2.15. The van der Waals surface area contributed by atoms with Gasteiger partial charge in [-0.2, -0.15) is 0 Å². The van der Waals surface area contributed by atoms with E-state index in [-0.39, 0.29) is 6.04 Å². The number of hydrogen-bond acceptors (Lipinski definition) is 3. The van der Waals surface area contributed by atoms with E-state index in [0.29, 0.717) is 10.0 Å². The van der Waals surface area contributed by atoms with E-state index in [9.17, 15) is 0 Å². The fourth-order valence-electron chi connectivity index (χ4n) is 1.91. The van der Waals surface area contributed by atoms with Crippen molar-refractivity contribution >= 4 is 44.9 Å². The Morgan fingerprint density at radius 3 is 2.70 bits per heavy atom. The van der Waals surface area contributed by atoms with Crippen LogP contribution in [0.4, 0.5) is 5.82 Å². The van der Waals surface area contributed by atoms with Crippen LogP contribution in [0.15, 0.2) is 29.0 Å². The minimum absolute atomic E-state index is 0.0605. The number of aromatic nitrogens is 2. The Morgan fingerprint density at radius 2 is 2.05 bits per heavy atom. The molecule has 1 aromatic heterocycles. The predicted molar refractivity (Wildman–Crippen MR) is 87.6 cm³/mol. The summed E-state index contributed by atoms with van der Waals surface area (Å²) >= 11 is 15.7. The van der Waals surface area contributed by atoms with Crippen molar-refractivity contribution in [2.75, 3.05) is 5.32 Å². The molecule has 6 heteroatoms. The molecule has 2 rings (SSSR count). The Kier molecular flexibility index (Phi) is 5.24. The van der Waals surface area contributed by atoms with Gasteiger partial charge in [0.15, 0.2) is 0 Å². The lowest BCUT2D eigenvalue weighted by Gasteiger charge is -2.20. The van der Waals surface area contributed by atoms with E-state index < -0.39 is 0 Å². The Balaban J connectivity index is 2.31. The van der Waals surface area contributed by atoms with Gasteiger partial charge in [-0.05, 0) is 47.0 Å². The van der Waals surface area contributed by atoms with Crippen molar-refractivity contribution in [2.24, 2.45) is 0 Å². The molecule has 0 amide bonds. The number of rotatable bonds is 4. The molecule has 1 N–H and O–H groups in total. The van der Waals surface area contributed by atoms with Crippen LogP contribution in [0.3, 0.4) is 0 Å². The van der Waals surface area contributed by atoms with Gasteiger partial charge in [0.25, 0.3) is 0 Å². The Morgan fingerprint density at radius 1 is 1.30 bits per heavy atom. The van der Waals surface area contributed by atoms with Gasteiger partial charge in [-0.15, -0.1) is 0 Å². The van der Waals surface area contributed by atoms with Gasteiger partial charge < -0.3 is 5.32 Å². The molecule has 3 nitrogen and oxygen atoms in total. The predicted octanol–water partition coefficient (Wildman–Crippen LogP) is 5.42. The summed E-state index contributed by atoms with van der Waals surface area (Å²) < 4.78 is 0.864. The zero-order valence-corrected chi connectivity index (χ0v) is 14.2. The first-order valence-corrected chi connectivity index (χ1v) is 7.76. The van der Waals surface area contributed by atoms with Gasteiger partial charge in [-0.3, -0.25) is 0 Å². The molecular weight excluding hydrogens is 361 g/mol.